The lowest BCUT2D eigenvalue weighted by Gasteiger charge is -2.41. The van der Waals surface area contributed by atoms with Gasteiger partial charge < -0.3 is 20.6 Å². The summed E-state index contributed by atoms with van der Waals surface area (Å²) in [4.78, 5) is 30.8. The summed E-state index contributed by atoms with van der Waals surface area (Å²) in [6.45, 7) is 1.21. The number of carbonyl (C=O) groups is 2. The molecule has 5 rings (SSSR count). The number of hydrogen-bond acceptors (Lipinski definition) is 5. The van der Waals surface area contributed by atoms with Crippen molar-refractivity contribution in [2.45, 2.75) is 24.4 Å². The fraction of sp³-hybridized carbons (Fsp3) is 0.240. The number of hydrogen-bond donors (Lipinski definition) is 3. The summed E-state index contributed by atoms with van der Waals surface area (Å²) in [6.07, 6.45) is 3.04. The van der Waals surface area contributed by atoms with Crippen LogP contribution >= 0.6 is 11.6 Å². The minimum atomic E-state index is -0.991. The number of aromatic carboxylic acids is 1. The summed E-state index contributed by atoms with van der Waals surface area (Å²) < 4.78 is 13.4. The van der Waals surface area contributed by atoms with E-state index in [2.05, 4.69) is 15.6 Å². The third kappa shape index (κ3) is 4.41. The zero-order valence-corrected chi connectivity index (χ0v) is 18.8. The van der Waals surface area contributed by atoms with Crippen molar-refractivity contribution in [1.82, 2.24) is 10.3 Å². The molecule has 3 aromatic rings. The number of nitrogens with zero attached hydrogens (tertiary/aromatic N) is 2. The summed E-state index contributed by atoms with van der Waals surface area (Å²) in [5, 5.41) is 15.9. The van der Waals surface area contributed by atoms with Crippen molar-refractivity contribution in [3.63, 3.8) is 0 Å². The Labute approximate surface area is 200 Å². The number of halogens is 2. The van der Waals surface area contributed by atoms with Crippen LogP contribution in [0.25, 0.3) is 0 Å². The van der Waals surface area contributed by atoms with Gasteiger partial charge in [-0.2, -0.15) is 0 Å². The van der Waals surface area contributed by atoms with Crippen LogP contribution in [0.2, 0.25) is 5.02 Å². The normalized spacial score (nSPS) is 16.5. The molecule has 1 amide bonds. The number of aromatic nitrogens is 1. The maximum Gasteiger partial charge on any atom is 0.335 e. The Morgan fingerprint density at radius 2 is 1.85 bits per heavy atom. The highest BCUT2D eigenvalue weighted by Crippen LogP contribution is 2.46. The van der Waals surface area contributed by atoms with Crippen molar-refractivity contribution in [2.24, 2.45) is 0 Å². The van der Waals surface area contributed by atoms with Gasteiger partial charge >= 0.3 is 5.97 Å². The molecule has 174 valence electrons. The van der Waals surface area contributed by atoms with Crippen molar-refractivity contribution in [3.05, 3.63) is 88.3 Å². The number of carboxylic acid groups (broad SMARTS) is 1. The number of benzene rings is 2. The smallest absolute Gasteiger partial charge is 0.335 e. The van der Waals surface area contributed by atoms with E-state index in [4.69, 9.17) is 16.7 Å². The van der Waals surface area contributed by atoms with Crippen LogP contribution in [0.15, 0.2) is 60.8 Å². The molecular weight excluding hydrogens is 459 g/mol. The van der Waals surface area contributed by atoms with Gasteiger partial charge in [-0.3, -0.25) is 4.79 Å². The Morgan fingerprint density at radius 3 is 2.50 bits per heavy atom. The van der Waals surface area contributed by atoms with Gasteiger partial charge in [0, 0.05) is 25.0 Å². The molecule has 0 spiro atoms. The molecule has 2 aromatic carbocycles. The highest BCUT2D eigenvalue weighted by atomic mass is 35.5. The quantitative estimate of drug-likeness (QED) is 0.467. The van der Waals surface area contributed by atoms with Gasteiger partial charge in [0.1, 0.15) is 11.6 Å². The number of carbonyl (C=O) groups excluding carboxylic acids is 1. The Morgan fingerprint density at radius 1 is 1.12 bits per heavy atom. The molecule has 2 fully saturated rings. The SMILES string of the molecule is O=C(O)c1ccc(C2(NC(=O)c3cc(Cl)cnc3N3CC(Nc4cccc(F)c4)C3)CC2)cc1. The van der Waals surface area contributed by atoms with Crippen molar-refractivity contribution >= 4 is 35.0 Å². The van der Waals surface area contributed by atoms with Crippen LogP contribution in [0.1, 0.15) is 39.1 Å². The average Bonchev–Trinajstić information content (AvgIpc) is 3.57. The molecular formula is C25H22ClFN4O3. The number of amides is 1. The molecule has 9 heteroatoms. The van der Waals surface area contributed by atoms with Crippen molar-refractivity contribution in [1.29, 1.82) is 0 Å². The van der Waals surface area contributed by atoms with Gasteiger partial charge in [-0.15, -0.1) is 0 Å². The number of rotatable bonds is 7. The number of anilines is 2. The van der Waals surface area contributed by atoms with E-state index in [0.717, 1.165) is 18.4 Å². The highest BCUT2D eigenvalue weighted by molar-refractivity contribution is 6.31. The van der Waals surface area contributed by atoms with Crippen LogP contribution in [-0.2, 0) is 5.54 Å². The van der Waals surface area contributed by atoms with E-state index in [1.54, 1.807) is 36.4 Å². The van der Waals surface area contributed by atoms with Crippen LogP contribution in [0.5, 0.6) is 0 Å². The maximum absolute atomic E-state index is 13.4. The maximum atomic E-state index is 13.4. The zero-order valence-electron chi connectivity index (χ0n) is 18.1. The lowest BCUT2D eigenvalue weighted by atomic mass is 10.0. The van der Waals surface area contributed by atoms with Gasteiger partial charge in [-0.25, -0.2) is 14.2 Å². The second-order valence-electron chi connectivity index (χ2n) is 8.70. The van der Waals surface area contributed by atoms with Gasteiger partial charge in [-0.05, 0) is 54.8 Å². The van der Waals surface area contributed by atoms with E-state index in [0.29, 0.717) is 35.2 Å². The number of nitrogens with one attached hydrogen (secondary N) is 2. The first-order chi connectivity index (χ1) is 16.3. The van der Waals surface area contributed by atoms with E-state index in [1.807, 2.05) is 11.0 Å². The van der Waals surface area contributed by atoms with Crippen molar-refractivity contribution in [3.8, 4) is 0 Å². The Balaban J connectivity index is 1.29. The molecule has 0 bridgehead atoms. The fourth-order valence-electron chi connectivity index (χ4n) is 4.24. The molecule has 1 saturated carbocycles. The van der Waals surface area contributed by atoms with E-state index in [-0.39, 0.29) is 23.3 Å². The van der Waals surface area contributed by atoms with Crippen LogP contribution in [0, 0.1) is 5.82 Å². The molecule has 2 heterocycles. The summed E-state index contributed by atoms with van der Waals surface area (Å²) in [7, 11) is 0. The molecule has 0 unspecified atom stereocenters. The lowest BCUT2D eigenvalue weighted by molar-refractivity contribution is 0.0696. The molecule has 3 N–H and O–H groups in total. The first-order valence-corrected chi connectivity index (χ1v) is 11.3. The predicted octanol–water partition coefficient (Wildman–Crippen LogP) is 4.29. The van der Waals surface area contributed by atoms with Crippen LogP contribution in [-0.4, -0.2) is 41.1 Å². The predicted molar refractivity (Wildman–Crippen MR) is 127 cm³/mol. The van der Waals surface area contributed by atoms with Crippen LogP contribution < -0.4 is 15.5 Å². The van der Waals surface area contributed by atoms with E-state index in [9.17, 15) is 14.0 Å². The minimum absolute atomic E-state index is 0.0951. The second kappa shape index (κ2) is 8.61. The molecule has 2 aliphatic rings. The molecule has 1 aliphatic carbocycles. The third-order valence-electron chi connectivity index (χ3n) is 6.24. The van der Waals surface area contributed by atoms with Gasteiger partial charge in [-0.1, -0.05) is 29.8 Å². The first kappa shape index (κ1) is 22.2. The van der Waals surface area contributed by atoms with Crippen molar-refractivity contribution in [2.75, 3.05) is 23.3 Å². The summed E-state index contributed by atoms with van der Waals surface area (Å²) in [5.41, 5.74) is 1.63. The third-order valence-corrected chi connectivity index (χ3v) is 6.45. The summed E-state index contributed by atoms with van der Waals surface area (Å²) in [5.74, 6) is -1.04. The molecule has 1 saturated heterocycles. The topological polar surface area (TPSA) is 94.6 Å². The second-order valence-corrected chi connectivity index (χ2v) is 9.14. The Kier molecular flexibility index (Phi) is 5.61. The monoisotopic (exact) mass is 480 g/mol. The summed E-state index contributed by atoms with van der Waals surface area (Å²) in [6, 6.07) is 14.6. The van der Waals surface area contributed by atoms with Crippen LogP contribution in [0.3, 0.4) is 0 Å². The number of pyridine rings is 1. The molecule has 34 heavy (non-hydrogen) atoms. The molecule has 1 aromatic heterocycles. The lowest BCUT2D eigenvalue weighted by Crippen LogP contribution is -2.55. The standard InChI is InChI=1S/C25H22ClFN4O3/c26-17-10-21(23(32)30-25(8-9-25)16-6-4-15(5-7-16)24(33)34)22(28-12-17)31-13-20(14-31)29-19-3-1-2-18(27)11-19/h1-7,10-12,20,29H,8-9,13-14H2,(H,30,32)(H,33,34). The fourth-order valence-corrected chi connectivity index (χ4v) is 4.39. The average molecular weight is 481 g/mol. The summed E-state index contributed by atoms with van der Waals surface area (Å²) >= 11 is 6.16. The molecule has 0 atom stereocenters. The molecule has 1 aliphatic heterocycles. The Hall–Kier alpha value is -3.65. The minimum Gasteiger partial charge on any atom is -0.478 e. The van der Waals surface area contributed by atoms with Crippen molar-refractivity contribution < 1.29 is 19.1 Å². The largest absolute Gasteiger partial charge is 0.478 e. The van der Waals surface area contributed by atoms with E-state index < -0.39 is 11.5 Å². The molecule has 0 radical (unpaired) electrons. The van der Waals surface area contributed by atoms with Crippen LogP contribution in [0.4, 0.5) is 15.9 Å². The van der Waals surface area contributed by atoms with Gasteiger partial charge in [0.25, 0.3) is 5.91 Å². The Bertz CT molecular complexity index is 1260. The van der Waals surface area contributed by atoms with E-state index in [1.165, 1.54) is 18.3 Å². The van der Waals surface area contributed by atoms with E-state index >= 15 is 0 Å². The highest BCUT2D eigenvalue weighted by Gasteiger charge is 2.46. The zero-order chi connectivity index (χ0) is 23.9. The number of carboxylic acids is 1. The van der Waals surface area contributed by atoms with Gasteiger partial charge in [0.2, 0.25) is 0 Å². The first-order valence-electron chi connectivity index (χ1n) is 10.9. The van der Waals surface area contributed by atoms with Gasteiger partial charge in [0.15, 0.2) is 0 Å². The van der Waals surface area contributed by atoms with Gasteiger partial charge in [0.05, 0.1) is 27.7 Å². The molecule has 7 nitrogen and oxygen atoms in total.